The molecule has 2 rings (SSSR count). The van der Waals surface area contributed by atoms with Gasteiger partial charge >= 0.3 is 0 Å². The summed E-state index contributed by atoms with van der Waals surface area (Å²) < 4.78 is 0. The zero-order valence-electron chi connectivity index (χ0n) is 11.8. The van der Waals surface area contributed by atoms with Crippen molar-refractivity contribution < 1.29 is 5.11 Å². The fraction of sp³-hybridized carbons (Fsp3) is 0.538. The summed E-state index contributed by atoms with van der Waals surface area (Å²) in [6, 6.07) is 1.99. The van der Waals surface area contributed by atoms with Crippen LogP contribution in [-0.2, 0) is 0 Å². The average Bonchev–Trinajstić information content (AvgIpc) is 2.97. The summed E-state index contributed by atoms with van der Waals surface area (Å²) in [6.07, 6.45) is 1.82. The van der Waals surface area contributed by atoms with Gasteiger partial charge in [-0.3, -0.25) is 5.43 Å². The van der Waals surface area contributed by atoms with Crippen molar-refractivity contribution in [3.05, 3.63) is 11.4 Å². The summed E-state index contributed by atoms with van der Waals surface area (Å²) >= 11 is 1.55. The number of hydrogen-bond acceptors (Lipinski definition) is 7. The number of anilines is 2. The second-order valence-corrected chi connectivity index (χ2v) is 5.79. The molecule has 0 aliphatic carbocycles. The lowest BCUT2D eigenvalue weighted by Crippen LogP contribution is -2.32. The van der Waals surface area contributed by atoms with E-state index < -0.39 is 0 Å². The number of nitrogen functional groups attached to an aromatic ring is 1. The molecule has 110 valence electrons. The molecule has 0 bridgehead atoms. The Morgan fingerprint density at radius 1 is 1.35 bits per heavy atom. The van der Waals surface area contributed by atoms with Crippen molar-refractivity contribution in [2.45, 2.75) is 26.7 Å². The molecule has 0 saturated carbocycles. The third-order valence-corrected chi connectivity index (χ3v) is 4.73. The summed E-state index contributed by atoms with van der Waals surface area (Å²) in [6.45, 7) is 5.01. The Labute approximate surface area is 122 Å². The molecule has 0 aliphatic rings. The number of aromatic nitrogens is 2. The first-order chi connectivity index (χ1) is 9.68. The number of nitrogens with one attached hydrogen (secondary N) is 2. The molecule has 6 nitrogen and oxygen atoms in total. The third kappa shape index (κ3) is 2.84. The number of thiophene rings is 1. The third-order valence-electron chi connectivity index (χ3n) is 3.92. The van der Waals surface area contributed by atoms with E-state index in [2.05, 4.69) is 34.6 Å². The quantitative estimate of drug-likeness (QED) is 0.462. The molecule has 2 aromatic heterocycles. The second-order valence-electron chi connectivity index (χ2n) is 4.90. The fourth-order valence-corrected chi connectivity index (χ4v) is 2.87. The van der Waals surface area contributed by atoms with E-state index in [4.69, 9.17) is 5.84 Å². The molecule has 20 heavy (non-hydrogen) atoms. The molecule has 0 unspecified atom stereocenters. The first-order valence-electron chi connectivity index (χ1n) is 6.74. The Morgan fingerprint density at radius 3 is 2.70 bits per heavy atom. The van der Waals surface area contributed by atoms with E-state index in [1.165, 1.54) is 0 Å². The van der Waals surface area contributed by atoms with Crippen LogP contribution < -0.4 is 16.6 Å². The number of rotatable bonds is 7. The summed E-state index contributed by atoms with van der Waals surface area (Å²) in [5.41, 5.74) is 2.36. The summed E-state index contributed by atoms with van der Waals surface area (Å²) in [4.78, 5) is 9.55. The SMILES string of the molecule is CCC(CC)(CO)CNc1nc(NN)nc2sccc12. The first-order valence-corrected chi connectivity index (χ1v) is 7.62. The topological polar surface area (TPSA) is 96.1 Å². The largest absolute Gasteiger partial charge is 0.396 e. The zero-order valence-corrected chi connectivity index (χ0v) is 12.6. The number of hydrogen-bond donors (Lipinski definition) is 4. The molecule has 0 spiro atoms. The molecule has 0 amide bonds. The lowest BCUT2D eigenvalue weighted by Gasteiger charge is -2.29. The summed E-state index contributed by atoms with van der Waals surface area (Å²) in [7, 11) is 0. The van der Waals surface area contributed by atoms with Crippen LogP contribution in [0.5, 0.6) is 0 Å². The molecule has 7 heteroatoms. The van der Waals surface area contributed by atoms with Gasteiger partial charge in [0, 0.05) is 12.0 Å². The van der Waals surface area contributed by atoms with E-state index in [1.54, 1.807) is 11.3 Å². The van der Waals surface area contributed by atoms with Crippen LogP contribution in [0.25, 0.3) is 10.2 Å². The Kier molecular flexibility index (Phi) is 4.74. The zero-order chi connectivity index (χ0) is 14.6. The van der Waals surface area contributed by atoms with Gasteiger partial charge in [0.1, 0.15) is 10.6 Å². The van der Waals surface area contributed by atoms with E-state index in [-0.39, 0.29) is 12.0 Å². The first kappa shape index (κ1) is 15.0. The van der Waals surface area contributed by atoms with Crippen LogP contribution in [0.3, 0.4) is 0 Å². The number of aliphatic hydroxyl groups is 1. The van der Waals surface area contributed by atoms with Gasteiger partial charge in [0.25, 0.3) is 0 Å². The summed E-state index contributed by atoms with van der Waals surface area (Å²) in [5.74, 6) is 6.55. The van der Waals surface area contributed by atoms with Crippen LogP contribution in [0.15, 0.2) is 11.4 Å². The number of fused-ring (bicyclic) bond motifs is 1. The van der Waals surface area contributed by atoms with Gasteiger partial charge in [-0.05, 0) is 24.3 Å². The molecule has 5 N–H and O–H groups in total. The van der Waals surface area contributed by atoms with Crippen LogP contribution in [-0.4, -0.2) is 28.2 Å². The van der Waals surface area contributed by atoms with Gasteiger partial charge in [-0.1, -0.05) is 13.8 Å². The van der Waals surface area contributed by atoms with E-state index in [0.29, 0.717) is 12.5 Å². The van der Waals surface area contributed by atoms with Crippen LogP contribution in [0, 0.1) is 5.41 Å². The molecule has 0 saturated heterocycles. The minimum absolute atomic E-state index is 0.121. The van der Waals surface area contributed by atoms with E-state index in [9.17, 15) is 5.11 Å². The maximum absolute atomic E-state index is 9.63. The van der Waals surface area contributed by atoms with E-state index in [1.807, 2.05) is 11.4 Å². The molecule has 0 aromatic carbocycles. The molecule has 2 aromatic rings. The minimum atomic E-state index is -0.121. The maximum Gasteiger partial charge on any atom is 0.240 e. The number of nitrogens with zero attached hydrogens (tertiary/aromatic N) is 2. The molecule has 0 radical (unpaired) electrons. The number of aliphatic hydroxyl groups excluding tert-OH is 1. The van der Waals surface area contributed by atoms with E-state index in [0.717, 1.165) is 28.9 Å². The van der Waals surface area contributed by atoms with Gasteiger partial charge in [0.2, 0.25) is 5.95 Å². The Hall–Kier alpha value is -1.44. The molecule has 0 fully saturated rings. The van der Waals surface area contributed by atoms with Crippen molar-refractivity contribution in [2.75, 3.05) is 23.9 Å². The standard InChI is InChI=1S/C13H21N5OS/c1-3-13(4-2,8-19)7-15-10-9-5-6-20-11(9)17-12(16-10)18-14/h5-6,19H,3-4,7-8,14H2,1-2H3,(H2,15,16,17,18). The van der Waals surface area contributed by atoms with Crippen molar-refractivity contribution in [3.8, 4) is 0 Å². The number of nitrogens with two attached hydrogens (primary N) is 1. The van der Waals surface area contributed by atoms with Crippen molar-refractivity contribution in [1.82, 2.24) is 9.97 Å². The minimum Gasteiger partial charge on any atom is -0.396 e. The highest BCUT2D eigenvalue weighted by Crippen LogP contribution is 2.29. The van der Waals surface area contributed by atoms with Gasteiger partial charge in [0.05, 0.1) is 12.0 Å². The predicted molar refractivity (Wildman–Crippen MR) is 83.8 cm³/mol. The Morgan fingerprint density at radius 2 is 2.10 bits per heavy atom. The normalized spacial score (nSPS) is 11.8. The van der Waals surface area contributed by atoms with Crippen molar-refractivity contribution >= 4 is 33.3 Å². The Bertz CT molecular complexity index is 559. The predicted octanol–water partition coefficient (Wildman–Crippen LogP) is 2.19. The highest BCUT2D eigenvalue weighted by atomic mass is 32.1. The highest BCUT2D eigenvalue weighted by Gasteiger charge is 2.25. The summed E-state index contributed by atoms with van der Waals surface area (Å²) in [5, 5.41) is 15.9. The average molecular weight is 295 g/mol. The number of hydrazine groups is 1. The monoisotopic (exact) mass is 295 g/mol. The Balaban J connectivity index is 2.26. The van der Waals surface area contributed by atoms with Gasteiger partial charge in [0.15, 0.2) is 0 Å². The lowest BCUT2D eigenvalue weighted by atomic mass is 9.83. The molecular formula is C13H21N5OS. The van der Waals surface area contributed by atoms with E-state index >= 15 is 0 Å². The van der Waals surface area contributed by atoms with Crippen molar-refractivity contribution in [1.29, 1.82) is 0 Å². The molecule has 0 aliphatic heterocycles. The van der Waals surface area contributed by atoms with Crippen molar-refractivity contribution in [3.63, 3.8) is 0 Å². The van der Waals surface area contributed by atoms with Crippen LogP contribution >= 0.6 is 11.3 Å². The van der Waals surface area contributed by atoms with Gasteiger partial charge in [-0.2, -0.15) is 4.98 Å². The molecular weight excluding hydrogens is 274 g/mol. The van der Waals surface area contributed by atoms with Gasteiger partial charge < -0.3 is 10.4 Å². The second kappa shape index (κ2) is 6.34. The lowest BCUT2D eigenvalue weighted by molar-refractivity contribution is 0.127. The fourth-order valence-electron chi connectivity index (χ4n) is 2.11. The van der Waals surface area contributed by atoms with Gasteiger partial charge in [-0.15, -0.1) is 11.3 Å². The molecule has 0 atom stereocenters. The molecule has 2 heterocycles. The van der Waals surface area contributed by atoms with Gasteiger partial charge in [-0.25, -0.2) is 10.8 Å². The highest BCUT2D eigenvalue weighted by molar-refractivity contribution is 7.16. The van der Waals surface area contributed by atoms with Crippen LogP contribution in [0.4, 0.5) is 11.8 Å². The smallest absolute Gasteiger partial charge is 0.240 e. The van der Waals surface area contributed by atoms with Crippen LogP contribution in [0.1, 0.15) is 26.7 Å². The maximum atomic E-state index is 9.63. The van der Waals surface area contributed by atoms with Crippen LogP contribution in [0.2, 0.25) is 0 Å². The van der Waals surface area contributed by atoms with Crippen molar-refractivity contribution in [2.24, 2.45) is 11.3 Å².